The largest absolute Gasteiger partial charge is 0.456 e. The van der Waals surface area contributed by atoms with Crippen molar-refractivity contribution in [3.63, 3.8) is 0 Å². The summed E-state index contributed by atoms with van der Waals surface area (Å²) in [5, 5.41) is 13.9. The smallest absolute Gasteiger partial charge is 0.407 e. The summed E-state index contributed by atoms with van der Waals surface area (Å²) in [4.78, 5) is 35.4. The summed E-state index contributed by atoms with van der Waals surface area (Å²) in [5.74, 6) is -0.591. The lowest BCUT2D eigenvalue weighted by atomic mass is 9.87. The third-order valence-electron chi connectivity index (χ3n) is 4.41. The molecule has 0 radical (unpaired) electrons. The molecular formula is C23H36N2O6. The summed E-state index contributed by atoms with van der Waals surface area (Å²) < 4.78 is 10.8. The Hall–Kier alpha value is -2.64. The SMILES string of the molecule is CC(C)(C)CCCC(C)(C)OC(=O)NCc1cc(C(=O)OC(C)(C)C)ccc1[N+](=O)[O-]. The molecule has 0 saturated carbocycles. The van der Waals surface area contributed by atoms with Gasteiger partial charge in [0.05, 0.1) is 17.0 Å². The number of rotatable bonds is 8. The van der Waals surface area contributed by atoms with E-state index in [4.69, 9.17) is 9.47 Å². The third kappa shape index (κ3) is 10.3. The van der Waals surface area contributed by atoms with E-state index in [1.165, 1.54) is 18.2 Å². The molecule has 0 aliphatic heterocycles. The van der Waals surface area contributed by atoms with Gasteiger partial charge in [-0.15, -0.1) is 0 Å². The molecule has 174 valence electrons. The van der Waals surface area contributed by atoms with Crippen LogP contribution in [0.15, 0.2) is 18.2 Å². The Morgan fingerprint density at radius 1 is 1.00 bits per heavy atom. The van der Waals surface area contributed by atoms with Gasteiger partial charge in [0.25, 0.3) is 5.69 Å². The maximum absolute atomic E-state index is 12.3. The first kappa shape index (κ1) is 26.4. The maximum atomic E-state index is 12.3. The highest BCUT2D eigenvalue weighted by molar-refractivity contribution is 5.90. The molecule has 0 fully saturated rings. The fourth-order valence-electron chi connectivity index (χ4n) is 2.92. The van der Waals surface area contributed by atoms with Crippen LogP contribution in [0.25, 0.3) is 0 Å². The number of esters is 1. The van der Waals surface area contributed by atoms with Gasteiger partial charge >= 0.3 is 12.1 Å². The summed E-state index contributed by atoms with van der Waals surface area (Å²) in [6, 6.07) is 3.94. The number of alkyl carbamates (subject to hydrolysis) is 1. The van der Waals surface area contributed by atoms with Gasteiger partial charge in [0.1, 0.15) is 11.2 Å². The first-order chi connectivity index (χ1) is 14.0. The van der Waals surface area contributed by atoms with Crippen molar-refractivity contribution in [3.8, 4) is 0 Å². The second-order valence-electron chi connectivity index (χ2n) is 10.5. The number of amides is 1. The lowest BCUT2D eigenvalue weighted by Crippen LogP contribution is -2.34. The molecule has 1 rings (SSSR count). The molecule has 0 aliphatic carbocycles. The molecule has 1 aromatic rings. The maximum Gasteiger partial charge on any atom is 0.407 e. The second-order valence-corrected chi connectivity index (χ2v) is 10.5. The van der Waals surface area contributed by atoms with E-state index in [1.54, 1.807) is 20.8 Å². The number of nitrogens with zero attached hydrogens (tertiary/aromatic N) is 1. The van der Waals surface area contributed by atoms with Crippen LogP contribution in [-0.2, 0) is 16.0 Å². The van der Waals surface area contributed by atoms with Crippen LogP contribution < -0.4 is 5.32 Å². The Morgan fingerprint density at radius 2 is 1.61 bits per heavy atom. The molecule has 0 aliphatic rings. The van der Waals surface area contributed by atoms with Crippen molar-refractivity contribution in [3.05, 3.63) is 39.4 Å². The zero-order valence-electron chi connectivity index (χ0n) is 20.0. The van der Waals surface area contributed by atoms with Crippen molar-refractivity contribution in [2.75, 3.05) is 0 Å². The number of benzene rings is 1. The molecule has 8 nitrogen and oxygen atoms in total. The zero-order valence-corrected chi connectivity index (χ0v) is 20.0. The van der Waals surface area contributed by atoms with E-state index < -0.39 is 28.2 Å². The van der Waals surface area contributed by atoms with E-state index in [9.17, 15) is 19.7 Å². The first-order valence-electron chi connectivity index (χ1n) is 10.5. The minimum atomic E-state index is -0.695. The summed E-state index contributed by atoms with van der Waals surface area (Å²) in [6.45, 7) is 15.2. The van der Waals surface area contributed by atoms with E-state index in [0.29, 0.717) is 6.42 Å². The van der Waals surface area contributed by atoms with Gasteiger partial charge in [-0.1, -0.05) is 20.8 Å². The number of nitro benzene ring substituents is 1. The average molecular weight is 437 g/mol. The number of carbonyl (C=O) groups is 2. The number of hydrogen-bond acceptors (Lipinski definition) is 6. The summed E-state index contributed by atoms with van der Waals surface area (Å²) in [7, 11) is 0. The molecule has 8 heteroatoms. The van der Waals surface area contributed by atoms with Gasteiger partial charge in [-0.05, 0) is 71.4 Å². The van der Waals surface area contributed by atoms with Crippen molar-refractivity contribution in [2.45, 2.75) is 92.4 Å². The molecule has 1 amide bonds. The predicted octanol–water partition coefficient (Wildman–Crippen LogP) is 5.77. The van der Waals surface area contributed by atoms with Crippen LogP contribution >= 0.6 is 0 Å². The van der Waals surface area contributed by atoms with Crippen LogP contribution in [0, 0.1) is 15.5 Å². The van der Waals surface area contributed by atoms with Gasteiger partial charge in [0, 0.05) is 11.6 Å². The Kier molecular flexibility index (Phi) is 8.61. The number of nitrogens with one attached hydrogen (secondary N) is 1. The third-order valence-corrected chi connectivity index (χ3v) is 4.41. The van der Waals surface area contributed by atoms with Crippen LogP contribution in [0.1, 0.15) is 90.6 Å². The number of nitro groups is 1. The molecule has 0 heterocycles. The van der Waals surface area contributed by atoms with E-state index in [0.717, 1.165) is 12.8 Å². The quantitative estimate of drug-likeness (QED) is 0.315. The average Bonchev–Trinajstić information content (AvgIpc) is 2.56. The van der Waals surface area contributed by atoms with Crippen LogP contribution in [0.4, 0.5) is 10.5 Å². The Morgan fingerprint density at radius 3 is 2.13 bits per heavy atom. The van der Waals surface area contributed by atoms with Crippen molar-refractivity contribution in [2.24, 2.45) is 5.41 Å². The first-order valence-corrected chi connectivity index (χ1v) is 10.5. The highest BCUT2D eigenvalue weighted by atomic mass is 16.6. The van der Waals surface area contributed by atoms with Crippen molar-refractivity contribution < 1.29 is 24.0 Å². The van der Waals surface area contributed by atoms with Crippen molar-refractivity contribution in [1.29, 1.82) is 0 Å². The normalized spacial score (nSPS) is 12.3. The Bertz CT molecular complexity index is 803. The lowest BCUT2D eigenvalue weighted by Gasteiger charge is -2.27. The molecule has 0 saturated heterocycles. The van der Waals surface area contributed by atoms with E-state index in [1.807, 2.05) is 13.8 Å². The van der Waals surface area contributed by atoms with E-state index in [-0.39, 0.29) is 28.8 Å². The molecule has 0 unspecified atom stereocenters. The fraction of sp³-hybridized carbons (Fsp3) is 0.652. The minimum absolute atomic E-state index is 0.149. The van der Waals surface area contributed by atoms with Gasteiger partial charge in [-0.3, -0.25) is 10.1 Å². The zero-order chi connectivity index (χ0) is 24.0. The topological polar surface area (TPSA) is 108 Å². The summed E-state index contributed by atoms with van der Waals surface area (Å²) >= 11 is 0. The molecule has 1 aromatic carbocycles. The van der Waals surface area contributed by atoms with Gasteiger partial charge in [-0.2, -0.15) is 0 Å². The van der Waals surface area contributed by atoms with Gasteiger partial charge in [-0.25, -0.2) is 9.59 Å². The van der Waals surface area contributed by atoms with Gasteiger partial charge < -0.3 is 14.8 Å². The Balaban J connectivity index is 2.81. The molecule has 31 heavy (non-hydrogen) atoms. The van der Waals surface area contributed by atoms with E-state index >= 15 is 0 Å². The van der Waals surface area contributed by atoms with Gasteiger partial charge in [0.15, 0.2) is 0 Å². The lowest BCUT2D eigenvalue weighted by molar-refractivity contribution is -0.385. The number of hydrogen-bond donors (Lipinski definition) is 1. The molecule has 1 N–H and O–H groups in total. The molecule has 0 spiro atoms. The van der Waals surface area contributed by atoms with E-state index in [2.05, 4.69) is 26.1 Å². The molecule has 0 aromatic heterocycles. The second kappa shape index (κ2) is 10.1. The minimum Gasteiger partial charge on any atom is -0.456 e. The number of carbonyl (C=O) groups excluding carboxylic acids is 2. The summed E-state index contributed by atoms with van der Waals surface area (Å²) in [6.07, 6.45) is 1.95. The molecule has 0 atom stereocenters. The number of ether oxygens (including phenoxy) is 2. The van der Waals surface area contributed by atoms with Crippen LogP contribution in [0.3, 0.4) is 0 Å². The monoisotopic (exact) mass is 436 g/mol. The Labute approximate surface area is 184 Å². The van der Waals surface area contributed by atoms with Gasteiger partial charge in [0.2, 0.25) is 0 Å². The highest BCUT2D eigenvalue weighted by Gasteiger charge is 2.25. The molecule has 0 bridgehead atoms. The summed E-state index contributed by atoms with van der Waals surface area (Å²) in [5.41, 5.74) is -0.989. The molecular weight excluding hydrogens is 400 g/mol. The highest BCUT2D eigenvalue weighted by Crippen LogP contribution is 2.26. The van der Waals surface area contributed by atoms with Crippen LogP contribution in [-0.4, -0.2) is 28.2 Å². The van der Waals surface area contributed by atoms with Crippen LogP contribution in [0.5, 0.6) is 0 Å². The van der Waals surface area contributed by atoms with Crippen molar-refractivity contribution in [1.82, 2.24) is 5.32 Å². The predicted molar refractivity (Wildman–Crippen MR) is 119 cm³/mol. The standard InChI is InChI=1S/C23H36N2O6/c1-21(2,3)12-9-13-23(7,8)31-20(27)24-15-17-14-16(10-11-18(17)25(28)29)19(26)30-22(4,5)6/h10-11,14H,9,12-13,15H2,1-8H3,(H,24,27). The van der Waals surface area contributed by atoms with Crippen LogP contribution in [0.2, 0.25) is 0 Å². The fourth-order valence-corrected chi connectivity index (χ4v) is 2.92. The van der Waals surface area contributed by atoms with Crippen molar-refractivity contribution >= 4 is 17.7 Å².